The highest BCUT2D eigenvalue weighted by Gasteiger charge is 2.69. The van der Waals surface area contributed by atoms with Crippen LogP contribution in [-0.2, 0) is 29.1 Å². The van der Waals surface area contributed by atoms with Gasteiger partial charge >= 0.3 is 0 Å². The maximum atomic E-state index is 11.9. The van der Waals surface area contributed by atoms with E-state index in [4.69, 9.17) is 19.2 Å². The molecule has 0 N–H and O–H groups in total. The molecule has 6 aliphatic rings. The number of hydrogen-bond donors (Lipinski definition) is 0. The number of rotatable bonds is 1. The smallest absolute Gasteiger partial charge is 0.201 e. The molecule has 8 heteroatoms. The summed E-state index contributed by atoms with van der Waals surface area (Å²) in [6.45, 7) is 7.51. The zero-order chi connectivity index (χ0) is 19.0. The van der Waals surface area contributed by atoms with Crippen LogP contribution < -0.4 is 0 Å². The minimum absolute atomic E-state index is 0.137. The average molecular weight is 402 g/mol. The molecule has 2 bridgehead atoms. The molecule has 6 fully saturated rings. The van der Waals surface area contributed by atoms with Gasteiger partial charge in [-0.25, -0.2) is 18.2 Å². The molecule has 1 spiro atoms. The molecule has 27 heavy (non-hydrogen) atoms. The van der Waals surface area contributed by atoms with E-state index in [1.165, 1.54) is 6.42 Å². The van der Waals surface area contributed by atoms with E-state index >= 15 is 0 Å². The van der Waals surface area contributed by atoms with Gasteiger partial charge < -0.3 is 9.47 Å². The summed E-state index contributed by atoms with van der Waals surface area (Å²) < 4.78 is 36.7. The summed E-state index contributed by atoms with van der Waals surface area (Å²) in [6, 6.07) is 0. The van der Waals surface area contributed by atoms with Gasteiger partial charge in [0.15, 0.2) is 21.7 Å². The van der Waals surface area contributed by atoms with E-state index in [0.29, 0.717) is 24.9 Å². The molecule has 0 aromatic heterocycles. The molecule has 0 radical (unpaired) electrons. The predicted molar refractivity (Wildman–Crippen MR) is 97.1 cm³/mol. The van der Waals surface area contributed by atoms with Crippen molar-refractivity contribution >= 4 is 9.84 Å². The number of nitrogens with zero attached hydrogens (tertiary/aromatic N) is 1. The molecule has 0 aromatic rings. The van der Waals surface area contributed by atoms with Crippen LogP contribution >= 0.6 is 0 Å². The van der Waals surface area contributed by atoms with Crippen molar-refractivity contribution in [3.8, 4) is 0 Å². The van der Waals surface area contributed by atoms with E-state index in [2.05, 4.69) is 18.7 Å². The van der Waals surface area contributed by atoms with Gasteiger partial charge in [0.1, 0.15) is 6.23 Å². The van der Waals surface area contributed by atoms with Crippen LogP contribution in [0.15, 0.2) is 0 Å². The fraction of sp³-hybridized carbons (Fsp3) is 1.00. The van der Waals surface area contributed by atoms with Crippen molar-refractivity contribution in [2.75, 3.05) is 24.6 Å². The van der Waals surface area contributed by atoms with Gasteiger partial charge in [-0.3, -0.25) is 4.90 Å². The molecule has 7 nitrogen and oxygen atoms in total. The summed E-state index contributed by atoms with van der Waals surface area (Å²) in [5.41, 5.74) is -0.550. The van der Waals surface area contributed by atoms with Crippen molar-refractivity contribution in [3.63, 3.8) is 0 Å². The highest BCUT2D eigenvalue weighted by atomic mass is 32.2. The summed E-state index contributed by atoms with van der Waals surface area (Å²) in [7, 11) is -2.92. The lowest BCUT2D eigenvalue weighted by molar-refractivity contribution is -0.574. The first kappa shape index (κ1) is 18.8. The molecule has 5 heterocycles. The van der Waals surface area contributed by atoms with E-state index in [9.17, 15) is 8.42 Å². The summed E-state index contributed by atoms with van der Waals surface area (Å²) in [5, 5.41) is 0. The molecule has 1 saturated carbocycles. The highest BCUT2D eigenvalue weighted by Crippen LogP contribution is 2.60. The maximum absolute atomic E-state index is 11.9. The second-order valence-corrected chi connectivity index (χ2v) is 11.8. The Balaban J connectivity index is 1.48. The molecule has 5 saturated heterocycles. The number of fused-ring (bicyclic) bond motifs is 2. The standard InChI is InChI=1S/C19H31NO6S/c1-12-4-5-15-13(2)16(20-8-10-27(21,22)11-9-20)23-17-19(15)14(12)6-7-18(3,24-17)25-26-19/h12-17H,4-11H2,1-3H3/t12-,13-,14+,15+,16-,17-,18?,19?/m1/s1. The molecule has 0 amide bonds. The monoisotopic (exact) mass is 401 g/mol. The van der Waals surface area contributed by atoms with Crippen molar-refractivity contribution in [3.05, 3.63) is 0 Å². The normalized spacial score (nSPS) is 54.9. The minimum atomic E-state index is -2.92. The van der Waals surface area contributed by atoms with Crippen molar-refractivity contribution in [2.45, 2.75) is 70.4 Å². The SMILES string of the molecule is C[C@H]1[C@H](N2CCS(=O)(=O)CC2)O[C@@H]2OC3(C)CC[C@H]4[C@H](C)CC[C@@H]1C24OO3. The Bertz CT molecular complexity index is 701. The molecular formula is C19H31NO6S. The lowest BCUT2D eigenvalue weighted by Gasteiger charge is -2.61. The van der Waals surface area contributed by atoms with E-state index in [-0.39, 0.29) is 29.6 Å². The molecular weight excluding hydrogens is 370 g/mol. The lowest BCUT2D eigenvalue weighted by atomic mass is 9.58. The van der Waals surface area contributed by atoms with Crippen LogP contribution in [0.2, 0.25) is 0 Å². The zero-order valence-electron chi connectivity index (χ0n) is 16.4. The fourth-order valence-corrected chi connectivity index (χ4v) is 7.51. The van der Waals surface area contributed by atoms with E-state index in [1.807, 2.05) is 6.92 Å². The van der Waals surface area contributed by atoms with Gasteiger partial charge in [-0.2, -0.15) is 0 Å². The third-order valence-corrected chi connectivity index (χ3v) is 9.47. The molecule has 6 rings (SSSR count). The van der Waals surface area contributed by atoms with Crippen LogP contribution in [0.5, 0.6) is 0 Å². The topological polar surface area (TPSA) is 74.3 Å². The third-order valence-electron chi connectivity index (χ3n) is 7.86. The Morgan fingerprint density at radius 1 is 1.00 bits per heavy atom. The average Bonchev–Trinajstić information content (AvgIpc) is 2.85. The summed E-state index contributed by atoms with van der Waals surface area (Å²) >= 11 is 0. The van der Waals surface area contributed by atoms with E-state index in [1.54, 1.807) is 0 Å². The Labute approximate surface area is 161 Å². The molecule has 8 atom stereocenters. The van der Waals surface area contributed by atoms with Crippen molar-refractivity contribution in [1.29, 1.82) is 0 Å². The molecule has 0 aromatic carbocycles. The number of hydrogen-bond acceptors (Lipinski definition) is 7. The molecule has 1 aliphatic carbocycles. The molecule has 154 valence electrons. The summed E-state index contributed by atoms with van der Waals surface area (Å²) in [4.78, 5) is 14.2. The maximum Gasteiger partial charge on any atom is 0.201 e. The summed E-state index contributed by atoms with van der Waals surface area (Å²) in [6.07, 6.45) is 3.46. The first-order chi connectivity index (χ1) is 12.7. The Morgan fingerprint density at radius 2 is 1.74 bits per heavy atom. The van der Waals surface area contributed by atoms with Crippen LogP contribution in [0.4, 0.5) is 0 Å². The molecule has 2 unspecified atom stereocenters. The Morgan fingerprint density at radius 3 is 2.48 bits per heavy atom. The highest BCUT2D eigenvalue weighted by molar-refractivity contribution is 7.91. The second-order valence-electron chi connectivity index (χ2n) is 9.48. The van der Waals surface area contributed by atoms with Gasteiger partial charge in [0.2, 0.25) is 5.79 Å². The van der Waals surface area contributed by atoms with Crippen LogP contribution in [-0.4, -0.2) is 61.8 Å². The second kappa shape index (κ2) is 6.12. The van der Waals surface area contributed by atoms with Crippen molar-refractivity contribution in [1.82, 2.24) is 4.90 Å². The van der Waals surface area contributed by atoms with E-state index in [0.717, 1.165) is 19.3 Å². The number of ether oxygens (including phenoxy) is 2. The minimum Gasteiger partial charge on any atom is -0.331 e. The third kappa shape index (κ3) is 2.74. The van der Waals surface area contributed by atoms with Crippen molar-refractivity contribution < 1.29 is 27.7 Å². The van der Waals surface area contributed by atoms with Crippen LogP contribution in [0.25, 0.3) is 0 Å². The van der Waals surface area contributed by atoms with Crippen LogP contribution in [0, 0.1) is 23.7 Å². The molecule has 5 aliphatic heterocycles. The Kier molecular flexibility index (Phi) is 4.25. The quantitative estimate of drug-likeness (QED) is 0.622. The van der Waals surface area contributed by atoms with Gasteiger partial charge in [0, 0.05) is 31.3 Å². The lowest BCUT2D eigenvalue weighted by Crippen LogP contribution is -2.72. The van der Waals surface area contributed by atoms with Gasteiger partial charge in [-0.15, -0.1) is 0 Å². The van der Waals surface area contributed by atoms with Crippen LogP contribution in [0.3, 0.4) is 0 Å². The van der Waals surface area contributed by atoms with Gasteiger partial charge in [-0.05, 0) is 38.0 Å². The largest absolute Gasteiger partial charge is 0.331 e. The van der Waals surface area contributed by atoms with Gasteiger partial charge in [0.05, 0.1) is 11.5 Å². The predicted octanol–water partition coefficient (Wildman–Crippen LogP) is 1.92. The first-order valence-corrected chi connectivity index (χ1v) is 12.2. The number of sulfone groups is 1. The summed E-state index contributed by atoms with van der Waals surface area (Å²) in [5.74, 6) is 1.05. The van der Waals surface area contributed by atoms with Gasteiger partial charge in [0.25, 0.3) is 0 Å². The van der Waals surface area contributed by atoms with E-state index < -0.39 is 27.5 Å². The first-order valence-electron chi connectivity index (χ1n) is 10.4. The Hall–Kier alpha value is -0.250. The fourth-order valence-electron chi connectivity index (χ4n) is 6.29. The van der Waals surface area contributed by atoms with Crippen molar-refractivity contribution in [2.24, 2.45) is 23.7 Å². The van der Waals surface area contributed by atoms with Crippen LogP contribution in [0.1, 0.15) is 46.5 Å². The van der Waals surface area contributed by atoms with Gasteiger partial charge in [-0.1, -0.05) is 13.8 Å². The zero-order valence-corrected chi connectivity index (χ0v) is 17.2.